The third-order valence-corrected chi connectivity index (χ3v) is 3.81. The summed E-state index contributed by atoms with van der Waals surface area (Å²) in [6.07, 6.45) is 0. The van der Waals surface area contributed by atoms with Gasteiger partial charge in [-0.2, -0.15) is 0 Å². The van der Waals surface area contributed by atoms with Crippen molar-refractivity contribution in [1.29, 1.82) is 0 Å². The first-order valence-corrected chi connectivity index (χ1v) is 6.85. The Morgan fingerprint density at radius 1 is 1.12 bits per heavy atom. The van der Waals surface area contributed by atoms with Crippen molar-refractivity contribution in [2.24, 2.45) is 0 Å². The van der Waals surface area contributed by atoms with Crippen LogP contribution in [0.2, 0.25) is 0 Å². The highest BCUT2D eigenvalue weighted by Gasteiger charge is 2.00. The molecule has 0 spiro atoms. The summed E-state index contributed by atoms with van der Waals surface area (Å²) in [6, 6.07) is 12.7. The van der Waals surface area contributed by atoms with Gasteiger partial charge in [0, 0.05) is 20.8 Å². The Hall–Kier alpha value is -1.00. The van der Waals surface area contributed by atoms with Crippen LogP contribution >= 0.6 is 27.7 Å². The zero-order valence-electron chi connectivity index (χ0n) is 8.99. The molecule has 0 amide bonds. The van der Waals surface area contributed by atoms with Crippen LogP contribution in [0.15, 0.2) is 51.8 Å². The molecule has 0 fully saturated rings. The Morgan fingerprint density at radius 3 is 2.47 bits per heavy atom. The Balaban J connectivity index is 2.04. The summed E-state index contributed by atoms with van der Waals surface area (Å²) in [5, 5.41) is 0. The van der Waals surface area contributed by atoms with Gasteiger partial charge in [-0.25, -0.2) is 4.39 Å². The highest BCUT2D eigenvalue weighted by Crippen LogP contribution is 2.25. The van der Waals surface area contributed by atoms with E-state index in [9.17, 15) is 4.39 Å². The number of hydrogen-bond donors (Lipinski definition) is 1. The molecular formula is C13H11BrFNS. The van der Waals surface area contributed by atoms with E-state index < -0.39 is 0 Å². The normalized spacial score (nSPS) is 10.5. The van der Waals surface area contributed by atoms with E-state index in [1.807, 2.05) is 24.3 Å². The smallest absolute Gasteiger partial charge is 0.125 e. The number of nitrogens with two attached hydrogens (primary N) is 1. The van der Waals surface area contributed by atoms with Gasteiger partial charge in [-0.1, -0.05) is 15.9 Å². The lowest BCUT2D eigenvalue weighted by molar-refractivity contribution is 0.627. The van der Waals surface area contributed by atoms with Gasteiger partial charge in [0.1, 0.15) is 5.82 Å². The fourth-order valence-corrected chi connectivity index (χ4v) is 2.55. The summed E-state index contributed by atoms with van der Waals surface area (Å²) in [5.74, 6) is 0.431. The zero-order chi connectivity index (χ0) is 12.3. The van der Waals surface area contributed by atoms with Gasteiger partial charge in [-0.15, -0.1) is 11.8 Å². The average molecular weight is 312 g/mol. The van der Waals surface area contributed by atoms with Crippen molar-refractivity contribution in [1.82, 2.24) is 0 Å². The van der Waals surface area contributed by atoms with Gasteiger partial charge in [-0.05, 0) is 48.0 Å². The van der Waals surface area contributed by atoms with E-state index in [1.165, 1.54) is 12.1 Å². The molecule has 1 nitrogen and oxygen atoms in total. The van der Waals surface area contributed by atoms with E-state index in [4.69, 9.17) is 5.73 Å². The molecular weight excluding hydrogens is 301 g/mol. The van der Waals surface area contributed by atoms with Gasteiger partial charge >= 0.3 is 0 Å². The van der Waals surface area contributed by atoms with Crippen molar-refractivity contribution < 1.29 is 4.39 Å². The van der Waals surface area contributed by atoms with Crippen LogP contribution in [-0.4, -0.2) is 0 Å². The molecule has 0 bridgehead atoms. The monoisotopic (exact) mass is 311 g/mol. The minimum atomic E-state index is -0.281. The van der Waals surface area contributed by atoms with Gasteiger partial charge in [0.05, 0.1) is 0 Å². The molecule has 0 unspecified atom stereocenters. The number of thioether (sulfide) groups is 1. The topological polar surface area (TPSA) is 26.0 Å². The van der Waals surface area contributed by atoms with Crippen molar-refractivity contribution in [2.45, 2.75) is 10.6 Å². The molecule has 2 aromatic rings. The minimum absolute atomic E-state index is 0.281. The van der Waals surface area contributed by atoms with Gasteiger partial charge in [0.15, 0.2) is 0 Å². The Morgan fingerprint density at radius 2 is 1.82 bits per heavy atom. The zero-order valence-corrected chi connectivity index (χ0v) is 11.4. The molecule has 2 N–H and O–H groups in total. The van der Waals surface area contributed by atoms with Crippen molar-refractivity contribution in [3.63, 3.8) is 0 Å². The standard InChI is InChI=1S/C13H11BrFNS/c14-10-1-3-13(4-2-10)17-8-9-5-11(15)7-12(16)6-9/h1-7H,8,16H2. The highest BCUT2D eigenvalue weighted by atomic mass is 79.9. The van der Waals surface area contributed by atoms with Crippen LogP contribution in [0.25, 0.3) is 0 Å². The maximum atomic E-state index is 13.1. The lowest BCUT2D eigenvalue weighted by atomic mass is 10.2. The predicted octanol–water partition coefficient (Wildman–Crippen LogP) is 4.46. The average Bonchev–Trinajstić information content (AvgIpc) is 2.27. The number of halogens is 2. The lowest BCUT2D eigenvalue weighted by Crippen LogP contribution is -1.90. The summed E-state index contributed by atoms with van der Waals surface area (Å²) in [6.45, 7) is 0. The molecule has 0 saturated carbocycles. The van der Waals surface area contributed by atoms with Crippen LogP contribution in [0.5, 0.6) is 0 Å². The SMILES string of the molecule is Nc1cc(F)cc(CSc2ccc(Br)cc2)c1. The second kappa shape index (κ2) is 5.56. The van der Waals surface area contributed by atoms with Gasteiger partial charge in [-0.3, -0.25) is 0 Å². The van der Waals surface area contributed by atoms with Crippen molar-refractivity contribution in [3.05, 3.63) is 58.3 Å². The number of rotatable bonds is 3. The van der Waals surface area contributed by atoms with Crippen LogP contribution in [0.1, 0.15) is 5.56 Å². The van der Waals surface area contributed by atoms with Gasteiger partial charge in [0.25, 0.3) is 0 Å². The molecule has 0 atom stereocenters. The highest BCUT2D eigenvalue weighted by molar-refractivity contribution is 9.10. The number of hydrogen-bond acceptors (Lipinski definition) is 2. The third-order valence-electron chi connectivity index (χ3n) is 2.20. The molecule has 0 saturated heterocycles. The summed E-state index contributed by atoms with van der Waals surface area (Å²) < 4.78 is 14.2. The van der Waals surface area contributed by atoms with Crippen LogP contribution in [0, 0.1) is 5.82 Å². The summed E-state index contributed by atoms with van der Waals surface area (Å²) in [7, 11) is 0. The molecule has 0 aromatic heterocycles. The third kappa shape index (κ3) is 3.75. The molecule has 0 aliphatic heterocycles. The fourth-order valence-electron chi connectivity index (χ4n) is 1.46. The maximum Gasteiger partial charge on any atom is 0.125 e. The number of nitrogen functional groups attached to an aromatic ring is 1. The predicted molar refractivity (Wildman–Crippen MR) is 74.5 cm³/mol. The summed E-state index contributed by atoms with van der Waals surface area (Å²) in [4.78, 5) is 1.15. The van der Waals surface area contributed by atoms with Crippen molar-refractivity contribution in [2.75, 3.05) is 5.73 Å². The molecule has 0 aliphatic carbocycles. The summed E-state index contributed by atoms with van der Waals surface area (Å²) in [5.41, 5.74) is 6.96. The molecule has 0 heterocycles. The van der Waals surface area contributed by atoms with Crippen LogP contribution in [0.3, 0.4) is 0 Å². The molecule has 0 aliphatic rings. The first kappa shape index (κ1) is 12.5. The minimum Gasteiger partial charge on any atom is -0.399 e. The van der Waals surface area contributed by atoms with E-state index in [-0.39, 0.29) is 5.82 Å². The van der Waals surface area contributed by atoms with Crippen LogP contribution < -0.4 is 5.73 Å². The number of benzene rings is 2. The van der Waals surface area contributed by atoms with Crippen LogP contribution in [0.4, 0.5) is 10.1 Å². The van der Waals surface area contributed by atoms with E-state index in [1.54, 1.807) is 17.8 Å². The van der Waals surface area contributed by atoms with Crippen LogP contribution in [-0.2, 0) is 5.75 Å². The maximum absolute atomic E-state index is 13.1. The molecule has 88 valence electrons. The second-order valence-corrected chi connectivity index (χ2v) is 5.60. The fraction of sp³-hybridized carbons (Fsp3) is 0.0769. The molecule has 2 aromatic carbocycles. The molecule has 0 radical (unpaired) electrons. The van der Waals surface area contributed by atoms with Gasteiger partial charge < -0.3 is 5.73 Å². The molecule has 17 heavy (non-hydrogen) atoms. The Bertz CT molecular complexity index is 493. The number of anilines is 1. The first-order valence-electron chi connectivity index (χ1n) is 5.07. The largest absolute Gasteiger partial charge is 0.399 e. The van der Waals surface area contributed by atoms with E-state index in [0.717, 1.165) is 14.9 Å². The van der Waals surface area contributed by atoms with Gasteiger partial charge in [0.2, 0.25) is 0 Å². The molecule has 4 heteroatoms. The quantitative estimate of drug-likeness (QED) is 0.669. The Labute approximate surface area is 112 Å². The van der Waals surface area contributed by atoms with E-state index in [0.29, 0.717) is 11.4 Å². The Kier molecular flexibility index (Phi) is 4.07. The molecule has 2 rings (SSSR count). The lowest BCUT2D eigenvalue weighted by Gasteiger charge is -2.04. The summed E-state index contributed by atoms with van der Waals surface area (Å²) >= 11 is 5.04. The van der Waals surface area contributed by atoms with E-state index >= 15 is 0 Å². The van der Waals surface area contributed by atoms with Crippen molar-refractivity contribution >= 4 is 33.4 Å². The van der Waals surface area contributed by atoms with E-state index in [2.05, 4.69) is 15.9 Å². The van der Waals surface area contributed by atoms with Crippen molar-refractivity contribution in [3.8, 4) is 0 Å². The second-order valence-electron chi connectivity index (χ2n) is 3.64. The first-order chi connectivity index (χ1) is 8.13.